The number of halogens is 3. The lowest BCUT2D eigenvalue weighted by atomic mass is 9.99. The molecule has 2 aliphatic rings. The van der Waals surface area contributed by atoms with Crippen LogP contribution < -0.4 is 0 Å². The average Bonchev–Trinajstić information content (AvgIpc) is 3.79. The van der Waals surface area contributed by atoms with Crippen molar-refractivity contribution in [3.63, 3.8) is 0 Å². The minimum atomic E-state index is -4.90. The summed E-state index contributed by atoms with van der Waals surface area (Å²) >= 11 is 0. The topological polar surface area (TPSA) is 95.9 Å². The summed E-state index contributed by atoms with van der Waals surface area (Å²) in [6.45, 7) is 3.54. The molecule has 228 valence electrons. The largest absolute Gasteiger partial charge is 0.471 e. The van der Waals surface area contributed by atoms with Gasteiger partial charge in [0.05, 0.1) is 23.6 Å². The van der Waals surface area contributed by atoms with Gasteiger partial charge in [-0.25, -0.2) is 9.36 Å². The van der Waals surface area contributed by atoms with E-state index in [0.717, 1.165) is 64.7 Å². The van der Waals surface area contributed by atoms with E-state index in [1.165, 1.54) is 0 Å². The fourth-order valence-electron chi connectivity index (χ4n) is 6.05. The number of aromatic nitrogens is 7. The molecule has 2 aromatic carbocycles. The molecule has 0 bridgehead atoms. The SMILES string of the molecule is CCCn1cc(-c2ccc3c(c2)c(-c2cn(-c4ccc5c(c4)CN(C(=O)C(F)(F)F)CC5)nn2)nn3C2CCCCO2)cn1. The second kappa shape index (κ2) is 11.2. The molecule has 2 aliphatic heterocycles. The van der Waals surface area contributed by atoms with Crippen molar-refractivity contribution in [3.8, 4) is 28.2 Å². The second-order valence-corrected chi connectivity index (χ2v) is 11.3. The van der Waals surface area contributed by atoms with E-state index in [1.54, 1.807) is 16.9 Å². The van der Waals surface area contributed by atoms with E-state index in [2.05, 4.69) is 40.5 Å². The predicted molar refractivity (Wildman–Crippen MR) is 156 cm³/mol. The fourth-order valence-corrected chi connectivity index (χ4v) is 6.05. The smallest absolute Gasteiger partial charge is 0.356 e. The van der Waals surface area contributed by atoms with Crippen LogP contribution in [-0.2, 0) is 29.0 Å². The van der Waals surface area contributed by atoms with Crippen molar-refractivity contribution in [2.24, 2.45) is 0 Å². The molecule has 1 saturated heterocycles. The van der Waals surface area contributed by atoms with Gasteiger partial charge in [-0.3, -0.25) is 9.48 Å². The number of benzene rings is 2. The Morgan fingerprint density at radius 1 is 1.07 bits per heavy atom. The fraction of sp³-hybridized carbons (Fsp3) is 0.387. The van der Waals surface area contributed by atoms with Crippen molar-refractivity contribution in [2.45, 2.75) is 64.5 Å². The molecule has 5 aromatic rings. The highest BCUT2D eigenvalue weighted by Crippen LogP contribution is 2.35. The first kappa shape index (κ1) is 28.3. The van der Waals surface area contributed by atoms with Crippen molar-refractivity contribution in [1.82, 2.24) is 39.5 Å². The lowest BCUT2D eigenvalue weighted by Gasteiger charge is -2.29. The van der Waals surface area contributed by atoms with Crippen molar-refractivity contribution in [1.29, 1.82) is 0 Å². The summed E-state index contributed by atoms with van der Waals surface area (Å²) in [7, 11) is 0. The second-order valence-electron chi connectivity index (χ2n) is 11.3. The summed E-state index contributed by atoms with van der Waals surface area (Å²) < 4.78 is 50.7. The first-order valence-electron chi connectivity index (χ1n) is 14.9. The number of hydrogen-bond donors (Lipinski definition) is 0. The number of fused-ring (bicyclic) bond motifs is 2. The molecule has 5 heterocycles. The Hall–Kier alpha value is -4.52. The van der Waals surface area contributed by atoms with E-state index in [-0.39, 0.29) is 19.3 Å². The molecule has 1 atom stereocenters. The van der Waals surface area contributed by atoms with Gasteiger partial charge in [0.2, 0.25) is 0 Å². The van der Waals surface area contributed by atoms with E-state index >= 15 is 0 Å². The first-order chi connectivity index (χ1) is 21.3. The molecule has 1 fully saturated rings. The Balaban J connectivity index is 1.25. The third kappa shape index (κ3) is 5.25. The third-order valence-electron chi connectivity index (χ3n) is 8.29. The molecule has 0 spiro atoms. The zero-order valence-corrected chi connectivity index (χ0v) is 24.2. The predicted octanol–water partition coefficient (Wildman–Crippen LogP) is 5.70. The molecule has 0 N–H and O–H groups in total. The lowest BCUT2D eigenvalue weighted by molar-refractivity contribution is -0.186. The van der Waals surface area contributed by atoms with Crippen LogP contribution in [0.2, 0.25) is 0 Å². The van der Waals surface area contributed by atoms with Crippen LogP contribution in [0.5, 0.6) is 0 Å². The Morgan fingerprint density at radius 3 is 2.75 bits per heavy atom. The van der Waals surface area contributed by atoms with E-state index in [1.807, 2.05) is 33.9 Å². The monoisotopic (exact) mass is 604 g/mol. The molecular formula is C31H31F3N8O2. The molecule has 1 unspecified atom stereocenters. The van der Waals surface area contributed by atoms with Crippen LogP contribution in [0.1, 0.15) is 50.0 Å². The highest BCUT2D eigenvalue weighted by atomic mass is 19.4. The summed E-state index contributed by atoms with van der Waals surface area (Å²) in [6.07, 6.45) is 4.85. The van der Waals surface area contributed by atoms with E-state index in [9.17, 15) is 18.0 Å². The summed E-state index contributed by atoms with van der Waals surface area (Å²) in [5, 5.41) is 19.2. The number of ether oxygens (including phenoxy) is 1. The van der Waals surface area contributed by atoms with E-state index < -0.39 is 12.1 Å². The number of alkyl halides is 3. The molecule has 0 saturated carbocycles. The van der Waals surface area contributed by atoms with Crippen LogP contribution in [0, 0.1) is 0 Å². The van der Waals surface area contributed by atoms with Gasteiger partial charge in [-0.15, -0.1) is 5.10 Å². The van der Waals surface area contributed by atoms with Gasteiger partial charge >= 0.3 is 12.1 Å². The lowest BCUT2D eigenvalue weighted by Crippen LogP contribution is -2.43. The number of rotatable bonds is 6. The Bertz CT molecular complexity index is 1830. The number of carbonyl (C=O) groups excluding carboxylic acids is 1. The first-order valence-corrected chi connectivity index (χ1v) is 14.9. The standard InChI is InChI=1S/C31H31F3N8O2/c1-2-11-40-18-23(16-35-40)21-7-9-27-25(15-21)29(37-42(27)28-5-3-4-13-44-28)26-19-41(38-36-26)24-8-6-20-10-12-39(17-22(20)14-24)30(43)31(32,33)34/h6-9,14-16,18-19,28H,2-5,10-13,17H2,1H3. The molecule has 44 heavy (non-hydrogen) atoms. The summed E-state index contributed by atoms with van der Waals surface area (Å²) in [5.74, 6) is -1.82. The molecule has 3 aromatic heterocycles. The van der Waals surface area contributed by atoms with Crippen molar-refractivity contribution in [2.75, 3.05) is 13.2 Å². The molecule has 0 aliphatic carbocycles. The molecule has 0 radical (unpaired) electrons. The van der Waals surface area contributed by atoms with Crippen molar-refractivity contribution >= 4 is 16.8 Å². The summed E-state index contributed by atoms with van der Waals surface area (Å²) in [5.41, 5.74) is 6.33. The van der Waals surface area contributed by atoms with Gasteiger partial charge in [0.1, 0.15) is 11.4 Å². The van der Waals surface area contributed by atoms with Gasteiger partial charge in [-0.2, -0.15) is 23.4 Å². The number of carbonyl (C=O) groups is 1. The third-order valence-corrected chi connectivity index (χ3v) is 8.29. The Morgan fingerprint density at radius 2 is 1.95 bits per heavy atom. The molecule has 13 heteroatoms. The Kier molecular flexibility index (Phi) is 7.19. The average molecular weight is 605 g/mol. The minimum Gasteiger partial charge on any atom is -0.356 e. The zero-order valence-electron chi connectivity index (χ0n) is 24.2. The van der Waals surface area contributed by atoms with Crippen LogP contribution in [-0.4, -0.2) is 64.7 Å². The van der Waals surface area contributed by atoms with Crippen molar-refractivity contribution in [3.05, 3.63) is 66.1 Å². The van der Waals surface area contributed by atoms with E-state index in [0.29, 0.717) is 35.7 Å². The van der Waals surface area contributed by atoms with Gasteiger partial charge < -0.3 is 9.64 Å². The minimum absolute atomic E-state index is 0.0278. The molecular weight excluding hydrogens is 573 g/mol. The van der Waals surface area contributed by atoms with Gasteiger partial charge in [0.25, 0.3) is 0 Å². The van der Waals surface area contributed by atoms with Gasteiger partial charge in [-0.1, -0.05) is 24.3 Å². The van der Waals surface area contributed by atoms with Crippen LogP contribution in [0.25, 0.3) is 39.1 Å². The zero-order chi connectivity index (χ0) is 30.4. The van der Waals surface area contributed by atoms with Crippen LogP contribution >= 0.6 is 0 Å². The quantitative estimate of drug-likeness (QED) is 0.247. The van der Waals surface area contributed by atoms with Crippen molar-refractivity contribution < 1.29 is 22.7 Å². The van der Waals surface area contributed by atoms with Crippen LogP contribution in [0.3, 0.4) is 0 Å². The summed E-state index contributed by atoms with van der Waals surface area (Å²) in [4.78, 5) is 12.7. The normalized spacial score (nSPS) is 17.3. The maximum Gasteiger partial charge on any atom is 0.471 e. The van der Waals surface area contributed by atoms with Gasteiger partial charge in [0, 0.05) is 43.4 Å². The van der Waals surface area contributed by atoms with E-state index in [4.69, 9.17) is 9.84 Å². The number of aryl methyl sites for hydroxylation is 1. The summed E-state index contributed by atoms with van der Waals surface area (Å²) in [6, 6.07) is 11.7. The highest BCUT2D eigenvalue weighted by Gasteiger charge is 2.43. The number of nitrogens with zero attached hydrogens (tertiary/aromatic N) is 8. The number of hydrogen-bond acceptors (Lipinski definition) is 6. The molecule has 7 rings (SSSR count). The van der Waals surface area contributed by atoms with Gasteiger partial charge in [-0.05, 0) is 73.1 Å². The molecule has 1 amide bonds. The van der Waals surface area contributed by atoms with Gasteiger partial charge in [0.15, 0.2) is 6.23 Å². The maximum absolute atomic E-state index is 13.1. The highest BCUT2D eigenvalue weighted by molar-refractivity contribution is 5.95. The number of amides is 1. The maximum atomic E-state index is 13.1. The van der Waals surface area contributed by atoms with Crippen LogP contribution in [0.4, 0.5) is 13.2 Å². The van der Waals surface area contributed by atoms with Crippen LogP contribution in [0.15, 0.2) is 55.0 Å². The Labute approximate surface area is 251 Å². The molecule has 10 nitrogen and oxygen atoms in total.